The molecule has 1 unspecified atom stereocenters. The van der Waals surface area contributed by atoms with Crippen molar-refractivity contribution >= 4 is 45.6 Å². The number of hydrogen-bond donors (Lipinski definition) is 1. The summed E-state index contributed by atoms with van der Waals surface area (Å²) in [6.07, 6.45) is 3.05. The molecule has 0 spiro atoms. The first-order valence-corrected chi connectivity index (χ1v) is 9.35. The van der Waals surface area contributed by atoms with Crippen molar-refractivity contribution in [1.29, 1.82) is 0 Å². The minimum Gasteiger partial charge on any atom is -0.339 e. The van der Waals surface area contributed by atoms with Crippen LogP contribution in [0.2, 0.25) is 0 Å². The van der Waals surface area contributed by atoms with Crippen molar-refractivity contribution in [3.05, 3.63) is 21.8 Å². The molecule has 2 aromatic rings. The Morgan fingerprint density at radius 1 is 1.58 bits per heavy atom. The number of carbonyl (C=O) groups is 1. The Balaban J connectivity index is 0.00000208. The van der Waals surface area contributed by atoms with Crippen molar-refractivity contribution in [3.63, 3.8) is 0 Å². The second kappa shape index (κ2) is 8.94. The van der Waals surface area contributed by atoms with Crippen LogP contribution in [0.3, 0.4) is 0 Å². The van der Waals surface area contributed by atoms with E-state index in [9.17, 15) is 4.79 Å². The number of aromatic nitrogens is 2. The maximum atomic E-state index is 12.4. The number of rotatable bonds is 6. The molecule has 0 saturated carbocycles. The topological polar surface area (TPSA) is 71.3 Å². The number of nitrogens with one attached hydrogen (secondary N) is 1. The van der Waals surface area contributed by atoms with Crippen LogP contribution < -0.4 is 5.32 Å². The summed E-state index contributed by atoms with van der Waals surface area (Å²) < 4.78 is 6.27. The largest absolute Gasteiger partial charge is 0.339 e. The van der Waals surface area contributed by atoms with Gasteiger partial charge < -0.3 is 14.7 Å². The van der Waals surface area contributed by atoms with E-state index in [1.807, 2.05) is 23.4 Å². The zero-order valence-electron chi connectivity index (χ0n) is 13.3. The summed E-state index contributed by atoms with van der Waals surface area (Å²) in [5.74, 6) is 1.26. The zero-order valence-corrected chi connectivity index (χ0v) is 16.5. The molecule has 1 N–H and O–H groups in total. The number of amides is 1. The number of hydrogen-bond acceptors (Lipinski definition) is 6. The standard InChI is InChI=1S/C15H19BrN4O2S.ClH/c1-17-8-11-3-2-6-20(11)14(21)5-4-13-18-15(19-22-13)12-7-10(16)9-23-12;/h7,9,11,17H,2-6,8H2,1H3;1H. The third kappa shape index (κ3) is 4.56. The summed E-state index contributed by atoms with van der Waals surface area (Å²) in [5.41, 5.74) is 0. The Labute approximate surface area is 159 Å². The number of thiophene rings is 1. The molecule has 0 radical (unpaired) electrons. The van der Waals surface area contributed by atoms with Crippen LogP contribution in [0.25, 0.3) is 10.7 Å². The molecule has 0 aliphatic carbocycles. The van der Waals surface area contributed by atoms with Crippen molar-refractivity contribution in [1.82, 2.24) is 20.4 Å². The summed E-state index contributed by atoms with van der Waals surface area (Å²) in [7, 11) is 1.92. The summed E-state index contributed by atoms with van der Waals surface area (Å²) in [4.78, 5) is 19.7. The van der Waals surface area contributed by atoms with E-state index in [1.165, 1.54) is 0 Å². The highest BCUT2D eigenvalue weighted by atomic mass is 79.9. The average molecular weight is 436 g/mol. The smallest absolute Gasteiger partial charge is 0.227 e. The monoisotopic (exact) mass is 434 g/mol. The van der Waals surface area contributed by atoms with Crippen LogP contribution >= 0.6 is 39.7 Å². The van der Waals surface area contributed by atoms with E-state index in [1.54, 1.807) is 11.3 Å². The van der Waals surface area contributed by atoms with Gasteiger partial charge in [-0.3, -0.25) is 4.79 Å². The molecule has 1 fully saturated rings. The van der Waals surface area contributed by atoms with Gasteiger partial charge in [-0.2, -0.15) is 4.98 Å². The first-order valence-electron chi connectivity index (χ1n) is 7.68. The normalized spacial score (nSPS) is 17.1. The first kappa shape index (κ1) is 19.4. The molecule has 0 bridgehead atoms. The molecule has 1 aliphatic rings. The number of nitrogens with zero attached hydrogens (tertiary/aromatic N) is 3. The van der Waals surface area contributed by atoms with Crippen molar-refractivity contribution in [2.24, 2.45) is 0 Å². The molecule has 1 amide bonds. The Morgan fingerprint density at radius 2 is 2.42 bits per heavy atom. The summed E-state index contributed by atoms with van der Waals surface area (Å²) in [5, 5.41) is 9.12. The van der Waals surface area contributed by atoms with Crippen molar-refractivity contribution in [3.8, 4) is 10.7 Å². The summed E-state index contributed by atoms with van der Waals surface area (Å²) >= 11 is 4.96. The molecule has 1 atom stereocenters. The third-order valence-electron chi connectivity index (χ3n) is 3.95. The van der Waals surface area contributed by atoms with Crippen LogP contribution in [-0.4, -0.2) is 47.1 Å². The van der Waals surface area contributed by atoms with E-state index in [0.29, 0.717) is 30.6 Å². The van der Waals surface area contributed by atoms with E-state index in [0.717, 1.165) is 35.3 Å². The SMILES string of the molecule is CNCC1CCCN1C(=O)CCc1nc(-c2cc(Br)cs2)no1.Cl. The second-order valence-electron chi connectivity index (χ2n) is 5.58. The second-order valence-corrected chi connectivity index (χ2v) is 7.41. The van der Waals surface area contributed by atoms with Gasteiger partial charge in [-0.25, -0.2) is 0 Å². The number of likely N-dealkylation sites (tertiary alicyclic amines) is 1. The van der Waals surface area contributed by atoms with E-state index >= 15 is 0 Å². The minimum atomic E-state index is 0. The fourth-order valence-corrected chi connectivity index (χ4v) is 4.21. The molecule has 6 nitrogen and oxygen atoms in total. The van der Waals surface area contributed by atoms with Crippen LogP contribution in [0.15, 0.2) is 20.4 Å². The Morgan fingerprint density at radius 3 is 3.12 bits per heavy atom. The Bertz CT molecular complexity index is 678. The Kier molecular flexibility index (Phi) is 7.21. The number of likely N-dealkylation sites (N-methyl/N-ethyl adjacent to an activating group) is 1. The highest BCUT2D eigenvalue weighted by Crippen LogP contribution is 2.28. The molecule has 3 heterocycles. The van der Waals surface area contributed by atoms with E-state index in [4.69, 9.17) is 4.52 Å². The molecule has 1 aliphatic heterocycles. The van der Waals surface area contributed by atoms with Gasteiger partial charge in [0.1, 0.15) is 0 Å². The fraction of sp³-hybridized carbons (Fsp3) is 0.533. The Hall–Kier alpha value is -0.960. The number of carbonyl (C=O) groups excluding carboxylic acids is 1. The maximum absolute atomic E-state index is 12.4. The van der Waals surface area contributed by atoms with E-state index in [2.05, 4.69) is 31.4 Å². The number of halogens is 2. The molecular weight excluding hydrogens is 416 g/mol. The first-order chi connectivity index (χ1) is 11.2. The van der Waals surface area contributed by atoms with Crippen LogP contribution in [0.1, 0.15) is 25.2 Å². The van der Waals surface area contributed by atoms with Gasteiger partial charge in [0, 0.05) is 41.8 Å². The van der Waals surface area contributed by atoms with Gasteiger partial charge >= 0.3 is 0 Å². The minimum absolute atomic E-state index is 0. The predicted octanol–water partition coefficient (Wildman–Crippen LogP) is 3.13. The van der Waals surface area contributed by atoms with Crippen LogP contribution in [-0.2, 0) is 11.2 Å². The van der Waals surface area contributed by atoms with Gasteiger partial charge in [-0.05, 0) is 41.9 Å². The van der Waals surface area contributed by atoms with Gasteiger partial charge in [0.05, 0.1) is 4.88 Å². The zero-order chi connectivity index (χ0) is 16.2. The lowest BCUT2D eigenvalue weighted by atomic mass is 10.2. The van der Waals surface area contributed by atoms with Crippen LogP contribution in [0, 0.1) is 0 Å². The van der Waals surface area contributed by atoms with Crippen LogP contribution in [0.4, 0.5) is 0 Å². The highest BCUT2D eigenvalue weighted by molar-refractivity contribution is 9.10. The predicted molar refractivity (Wildman–Crippen MR) is 99.5 cm³/mol. The molecule has 1 saturated heterocycles. The van der Waals surface area contributed by atoms with E-state index in [-0.39, 0.29) is 18.3 Å². The van der Waals surface area contributed by atoms with Crippen molar-refractivity contribution < 1.29 is 9.32 Å². The summed E-state index contributed by atoms with van der Waals surface area (Å²) in [6, 6.07) is 2.27. The van der Waals surface area contributed by atoms with Gasteiger partial charge in [0.2, 0.25) is 17.6 Å². The number of aryl methyl sites for hydroxylation is 1. The van der Waals surface area contributed by atoms with Crippen LogP contribution in [0.5, 0.6) is 0 Å². The summed E-state index contributed by atoms with van der Waals surface area (Å²) in [6.45, 7) is 1.70. The van der Waals surface area contributed by atoms with Crippen molar-refractivity contribution in [2.75, 3.05) is 20.1 Å². The lowest BCUT2D eigenvalue weighted by Gasteiger charge is -2.24. The lowest BCUT2D eigenvalue weighted by molar-refractivity contribution is -0.132. The average Bonchev–Trinajstić information content (AvgIpc) is 3.25. The van der Waals surface area contributed by atoms with Gasteiger partial charge in [-0.15, -0.1) is 23.7 Å². The van der Waals surface area contributed by atoms with Gasteiger partial charge in [0.15, 0.2) is 0 Å². The molecule has 24 heavy (non-hydrogen) atoms. The third-order valence-corrected chi connectivity index (χ3v) is 5.63. The maximum Gasteiger partial charge on any atom is 0.227 e. The molecule has 9 heteroatoms. The highest BCUT2D eigenvalue weighted by Gasteiger charge is 2.28. The molecular formula is C15H20BrClN4O2S. The lowest BCUT2D eigenvalue weighted by Crippen LogP contribution is -2.40. The fourth-order valence-electron chi connectivity index (χ4n) is 2.86. The molecule has 132 valence electrons. The molecule has 0 aromatic carbocycles. The van der Waals surface area contributed by atoms with Crippen molar-refractivity contribution in [2.45, 2.75) is 31.7 Å². The quantitative estimate of drug-likeness (QED) is 0.755. The van der Waals surface area contributed by atoms with E-state index < -0.39 is 0 Å². The van der Waals surface area contributed by atoms with Gasteiger partial charge in [-0.1, -0.05) is 5.16 Å². The molecule has 3 rings (SSSR count). The van der Waals surface area contributed by atoms with Gasteiger partial charge in [0.25, 0.3) is 0 Å². The molecule has 2 aromatic heterocycles.